The quantitative estimate of drug-likeness (QED) is 0.666. The molecule has 1 amide bonds. The number of benzene rings is 1. The highest BCUT2D eigenvalue weighted by Gasteiger charge is 2.19. The first-order chi connectivity index (χ1) is 14.3. The van der Waals surface area contributed by atoms with Crippen LogP contribution in [0.25, 0.3) is 0 Å². The Kier molecular flexibility index (Phi) is 6.16. The average molecular weight is 390 g/mol. The molecule has 0 atom stereocenters. The molecule has 0 aliphatic carbocycles. The molecule has 3 heterocycles. The molecule has 0 radical (unpaired) electrons. The minimum Gasteiger partial charge on any atom is -0.354 e. The van der Waals surface area contributed by atoms with Gasteiger partial charge in [-0.1, -0.05) is 30.3 Å². The number of hydrogen-bond donors (Lipinski definition) is 1. The maximum Gasteiger partial charge on any atom is 0.234 e. The number of pyridine rings is 1. The molecule has 0 saturated carbocycles. The molecule has 0 unspecified atom stereocenters. The highest BCUT2D eigenvalue weighted by Crippen LogP contribution is 2.13. The van der Waals surface area contributed by atoms with Crippen LogP contribution in [-0.2, 0) is 17.9 Å². The Morgan fingerprint density at radius 3 is 2.45 bits per heavy atom. The van der Waals surface area contributed by atoms with E-state index in [1.807, 2.05) is 53.5 Å². The van der Waals surface area contributed by atoms with Crippen LogP contribution < -0.4 is 10.2 Å². The molecule has 2 aromatic heterocycles. The second kappa shape index (κ2) is 9.34. The van der Waals surface area contributed by atoms with Crippen molar-refractivity contribution in [2.45, 2.75) is 13.1 Å². The van der Waals surface area contributed by atoms with E-state index in [0.29, 0.717) is 19.6 Å². The van der Waals surface area contributed by atoms with Crippen molar-refractivity contribution in [2.75, 3.05) is 37.6 Å². The Hall–Kier alpha value is -3.19. The van der Waals surface area contributed by atoms with E-state index in [-0.39, 0.29) is 5.91 Å². The molecule has 3 aromatic rings. The van der Waals surface area contributed by atoms with Crippen LogP contribution in [0.3, 0.4) is 0 Å². The summed E-state index contributed by atoms with van der Waals surface area (Å²) in [7, 11) is 0. The van der Waals surface area contributed by atoms with E-state index in [0.717, 1.165) is 37.6 Å². The van der Waals surface area contributed by atoms with Gasteiger partial charge in [0.15, 0.2) is 0 Å². The molecule has 29 heavy (non-hydrogen) atoms. The van der Waals surface area contributed by atoms with Gasteiger partial charge in [0.05, 0.1) is 13.1 Å². The summed E-state index contributed by atoms with van der Waals surface area (Å²) in [5.41, 5.74) is 2.29. The third-order valence-electron chi connectivity index (χ3n) is 5.20. The fourth-order valence-corrected chi connectivity index (χ4v) is 3.58. The van der Waals surface area contributed by atoms with Gasteiger partial charge in [0.2, 0.25) is 5.91 Å². The standard InChI is InChI=1S/C22H26N6O/c29-22(18-26-12-14-27(15-13-26)21-8-3-4-9-23-21)24-16-19-6-1-2-7-20(19)17-28-11-5-10-25-28/h1-11H,12-18H2,(H,24,29). The molecule has 1 aromatic carbocycles. The second-order valence-electron chi connectivity index (χ2n) is 7.20. The first kappa shape index (κ1) is 19.1. The topological polar surface area (TPSA) is 66.3 Å². The lowest BCUT2D eigenvalue weighted by Crippen LogP contribution is -2.49. The molecule has 7 nitrogen and oxygen atoms in total. The molecule has 1 N–H and O–H groups in total. The number of aromatic nitrogens is 3. The van der Waals surface area contributed by atoms with Gasteiger partial charge in [0, 0.05) is 51.3 Å². The summed E-state index contributed by atoms with van der Waals surface area (Å²) in [5, 5.41) is 7.34. The first-order valence-electron chi connectivity index (χ1n) is 9.97. The molecule has 1 aliphatic heterocycles. The van der Waals surface area contributed by atoms with Crippen molar-refractivity contribution in [1.82, 2.24) is 25.0 Å². The van der Waals surface area contributed by atoms with Crippen molar-refractivity contribution in [2.24, 2.45) is 0 Å². The summed E-state index contributed by atoms with van der Waals surface area (Å²) < 4.78 is 1.89. The van der Waals surface area contributed by atoms with Gasteiger partial charge in [-0.2, -0.15) is 5.10 Å². The maximum atomic E-state index is 12.5. The largest absolute Gasteiger partial charge is 0.354 e. The second-order valence-corrected chi connectivity index (χ2v) is 7.20. The highest BCUT2D eigenvalue weighted by molar-refractivity contribution is 5.78. The Morgan fingerprint density at radius 2 is 1.72 bits per heavy atom. The van der Waals surface area contributed by atoms with Crippen LogP contribution in [0.5, 0.6) is 0 Å². The van der Waals surface area contributed by atoms with Gasteiger partial charge < -0.3 is 10.2 Å². The van der Waals surface area contributed by atoms with Crippen molar-refractivity contribution in [3.05, 3.63) is 78.2 Å². The van der Waals surface area contributed by atoms with E-state index in [1.54, 1.807) is 6.20 Å². The lowest BCUT2D eigenvalue weighted by atomic mass is 10.1. The molecule has 7 heteroatoms. The number of hydrogen-bond acceptors (Lipinski definition) is 5. The zero-order valence-corrected chi connectivity index (χ0v) is 16.4. The van der Waals surface area contributed by atoms with E-state index in [9.17, 15) is 4.79 Å². The molecule has 150 valence electrons. The van der Waals surface area contributed by atoms with Crippen molar-refractivity contribution in [3.63, 3.8) is 0 Å². The summed E-state index contributed by atoms with van der Waals surface area (Å²) in [6.07, 6.45) is 5.54. The van der Waals surface area contributed by atoms with Crippen LogP contribution in [0.4, 0.5) is 5.82 Å². The molecular weight excluding hydrogens is 364 g/mol. The SMILES string of the molecule is O=C(CN1CCN(c2ccccn2)CC1)NCc1ccccc1Cn1cccn1. The van der Waals surface area contributed by atoms with Gasteiger partial charge in [-0.15, -0.1) is 0 Å². The summed E-state index contributed by atoms with van der Waals surface area (Å²) in [6.45, 7) is 5.16. The van der Waals surface area contributed by atoms with E-state index in [4.69, 9.17) is 0 Å². The first-order valence-corrected chi connectivity index (χ1v) is 9.97. The van der Waals surface area contributed by atoms with Crippen molar-refractivity contribution >= 4 is 11.7 Å². The molecule has 0 bridgehead atoms. The number of piperazine rings is 1. The summed E-state index contributed by atoms with van der Waals surface area (Å²) in [6, 6.07) is 16.0. The van der Waals surface area contributed by atoms with Gasteiger partial charge in [0.1, 0.15) is 5.82 Å². The monoisotopic (exact) mass is 390 g/mol. The van der Waals surface area contributed by atoms with Crippen molar-refractivity contribution < 1.29 is 4.79 Å². The number of rotatable bonds is 7. The number of nitrogens with one attached hydrogen (secondary N) is 1. The predicted octanol–water partition coefficient (Wildman–Crippen LogP) is 1.76. The lowest BCUT2D eigenvalue weighted by molar-refractivity contribution is -0.122. The van der Waals surface area contributed by atoms with Gasteiger partial charge >= 0.3 is 0 Å². The van der Waals surface area contributed by atoms with Crippen LogP contribution in [0, 0.1) is 0 Å². The predicted molar refractivity (Wildman–Crippen MR) is 113 cm³/mol. The van der Waals surface area contributed by atoms with Gasteiger partial charge in [-0.3, -0.25) is 14.4 Å². The Morgan fingerprint density at radius 1 is 0.931 bits per heavy atom. The number of carbonyl (C=O) groups excluding carboxylic acids is 1. The van der Waals surface area contributed by atoms with Crippen LogP contribution >= 0.6 is 0 Å². The van der Waals surface area contributed by atoms with Crippen LogP contribution in [0.15, 0.2) is 67.1 Å². The zero-order valence-electron chi connectivity index (χ0n) is 16.4. The van der Waals surface area contributed by atoms with Crippen LogP contribution in [0.2, 0.25) is 0 Å². The minimum absolute atomic E-state index is 0.0604. The average Bonchev–Trinajstić information content (AvgIpc) is 3.27. The Labute approximate surface area is 171 Å². The molecule has 0 spiro atoms. The van der Waals surface area contributed by atoms with Crippen molar-refractivity contribution in [3.8, 4) is 0 Å². The summed E-state index contributed by atoms with van der Waals surface area (Å²) in [4.78, 5) is 21.3. The fraction of sp³-hybridized carbons (Fsp3) is 0.318. The number of nitrogens with zero attached hydrogens (tertiary/aromatic N) is 5. The highest BCUT2D eigenvalue weighted by atomic mass is 16.2. The Balaban J connectivity index is 1.25. The fourth-order valence-electron chi connectivity index (χ4n) is 3.58. The maximum absolute atomic E-state index is 12.5. The number of carbonyl (C=O) groups is 1. The van der Waals surface area contributed by atoms with E-state index in [1.165, 1.54) is 5.56 Å². The van der Waals surface area contributed by atoms with E-state index < -0.39 is 0 Å². The van der Waals surface area contributed by atoms with Gasteiger partial charge in [-0.25, -0.2) is 4.98 Å². The van der Waals surface area contributed by atoms with Crippen LogP contribution in [-0.4, -0.2) is 58.3 Å². The van der Waals surface area contributed by atoms with E-state index in [2.05, 4.69) is 37.3 Å². The van der Waals surface area contributed by atoms with Gasteiger partial charge in [0.25, 0.3) is 0 Å². The normalized spacial score (nSPS) is 14.7. The Bertz CT molecular complexity index is 904. The van der Waals surface area contributed by atoms with Crippen molar-refractivity contribution in [1.29, 1.82) is 0 Å². The van der Waals surface area contributed by atoms with Gasteiger partial charge in [-0.05, 0) is 29.3 Å². The zero-order chi connectivity index (χ0) is 19.9. The summed E-state index contributed by atoms with van der Waals surface area (Å²) >= 11 is 0. The molecular formula is C22H26N6O. The van der Waals surface area contributed by atoms with E-state index >= 15 is 0 Å². The molecule has 1 aliphatic rings. The number of amides is 1. The third kappa shape index (κ3) is 5.20. The molecule has 4 rings (SSSR count). The molecule has 1 fully saturated rings. The smallest absolute Gasteiger partial charge is 0.234 e. The third-order valence-corrected chi connectivity index (χ3v) is 5.20. The minimum atomic E-state index is 0.0604. The number of anilines is 1. The lowest BCUT2D eigenvalue weighted by Gasteiger charge is -2.34. The molecule has 1 saturated heterocycles. The van der Waals surface area contributed by atoms with Crippen LogP contribution in [0.1, 0.15) is 11.1 Å². The summed E-state index contributed by atoms with van der Waals surface area (Å²) in [5.74, 6) is 1.07.